The largest absolute Gasteiger partial charge is 0.481 e. The number of ether oxygens (including phenoxy) is 1. The van der Waals surface area contributed by atoms with Gasteiger partial charge in [-0.15, -0.1) is 0 Å². The lowest BCUT2D eigenvalue weighted by Crippen LogP contribution is -2.42. The van der Waals surface area contributed by atoms with Crippen molar-refractivity contribution in [1.29, 1.82) is 5.26 Å². The maximum absolute atomic E-state index is 9.48. The van der Waals surface area contributed by atoms with Crippen molar-refractivity contribution >= 4 is 16.5 Å². The quantitative estimate of drug-likeness (QED) is 0.674. The number of methoxy groups -OCH3 is 1. The van der Waals surface area contributed by atoms with Crippen molar-refractivity contribution in [3.05, 3.63) is 65.9 Å². The summed E-state index contributed by atoms with van der Waals surface area (Å²) < 4.78 is 5.29. The van der Waals surface area contributed by atoms with Crippen molar-refractivity contribution in [3.63, 3.8) is 0 Å². The number of hydrogen-bond acceptors (Lipinski definition) is 5. The molecule has 3 aromatic rings. The van der Waals surface area contributed by atoms with Crippen molar-refractivity contribution in [2.24, 2.45) is 0 Å². The van der Waals surface area contributed by atoms with Crippen LogP contribution in [0.4, 0.5) is 5.69 Å². The smallest absolute Gasteiger partial charge is 0.213 e. The monoisotopic (exact) mass is 372 g/mol. The maximum Gasteiger partial charge on any atom is 0.213 e. The lowest BCUT2D eigenvalue weighted by molar-refractivity contribution is 0.249. The highest BCUT2D eigenvalue weighted by Crippen LogP contribution is 2.32. The number of anilines is 1. The molecule has 0 radical (unpaired) electrons. The average Bonchev–Trinajstić information content (AvgIpc) is 2.98. The number of pyridine rings is 1. The first-order valence-electron chi connectivity index (χ1n) is 9.74. The molecule has 1 fully saturated rings. The topological polar surface area (TPSA) is 52.4 Å². The zero-order valence-corrected chi connectivity index (χ0v) is 16.1. The third kappa shape index (κ3) is 3.64. The van der Waals surface area contributed by atoms with E-state index in [0.29, 0.717) is 5.88 Å². The van der Waals surface area contributed by atoms with E-state index >= 15 is 0 Å². The molecule has 0 atom stereocenters. The predicted molar refractivity (Wildman–Crippen MR) is 111 cm³/mol. The molecule has 0 aliphatic carbocycles. The Morgan fingerprint density at radius 2 is 1.79 bits per heavy atom. The second-order valence-electron chi connectivity index (χ2n) is 7.03. The van der Waals surface area contributed by atoms with Crippen LogP contribution in [0.3, 0.4) is 0 Å². The average molecular weight is 372 g/mol. The fraction of sp³-hybridized carbons (Fsp3) is 0.304. The van der Waals surface area contributed by atoms with E-state index in [0.717, 1.165) is 60.2 Å². The van der Waals surface area contributed by atoms with E-state index in [2.05, 4.69) is 33.2 Å². The van der Waals surface area contributed by atoms with Crippen molar-refractivity contribution in [3.8, 4) is 11.9 Å². The van der Waals surface area contributed by atoms with E-state index in [1.54, 1.807) is 7.11 Å². The second-order valence-corrected chi connectivity index (χ2v) is 7.03. The molecular formula is C23H24N4O. The van der Waals surface area contributed by atoms with Crippen LogP contribution in [-0.2, 0) is 6.54 Å². The molecule has 0 N–H and O–H groups in total. The zero-order valence-electron chi connectivity index (χ0n) is 16.1. The second kappa shape index (κ2) is 8.28. The van der Waals surface area contributed by atoms with E-state index in [1.165, 1.54) is 6.42 Å². The highest BCUT2D eigenvalue weighted by molar-refractivity contribution is 5.97. The van der Waals surface area contributed by atoms with Gasteiger partial charge in [0.25, 0.3) is 0 Å². The van der Waals surface area contributed by atoms with Crippen LogP contribution >= 0.6 is 0 Å². The summed E-state index contributed by atoms with van der Waals surface area (Å²) in [7, 11) is 1.65. The molecule has 2 heterocycles. The molecule has 0 unspecified atom stereocenters. The van der Waals surface area contributed by atoms with Gasteiger partial charge in [0.15, 0.2) is 0 Å². The molecule has 1 aromatic heterocycles. The maximum atomic E-state index is 9.48. The number of rotatable bonds is 4. The molecular weight excluding hydrogens is 348 g/mol. The number of hydrazine groups is 1. The molecule has 0 amide bonds. The number of hydrogen-bond donors (Lipinski definition) is 0. The standard InChI is InChI=1S/C23H24N4O/c1-28-23-11-7-8-19(25-23)17-26-14-5-2-6-15-27(26)22-13-12-18(16-24)20-9-3-4-10-21(20)22/h3-4,7-13H,2,5-6,14-15,17H2,1H3. The van der Waals surface area contributed by atoms with Crippen LogP contribution in [0.5, 0.6) is 5.88 Å². The number of benzene rings is 2. The van der Waals surface area contributed by atoms with Gasteiger partial charge >= 0.3 is 0 Å². The van der Waals surface area contributed by atoms with Gasteiger partial charge in [-0.3, -0.25) is 0 Å². The van der Waals surface area contributed by atoms with Crippen LogP contribution in [0.25, 0.3) is 10.8 Å². The first-order chi connectivity index (χ1) is 13.8. The Morgan fingerprint density at radius 3 is 2.61 bits per heavy atom. The molecule has 0 spiro atoms. The van der Waals surface area contributed by atoms with Crippen LogP contribution in [0, 0.1) is 11.3 Å². The Morgan fingerprint density at radius 1 is 0.964 bits per heavy atom. The number of nitrogens with zero attached hydrogens (tertiary/aromatic N) is 4. The summed E-state index contributed by atoms with van der Waals surface area (Å²) >= 11 is 0. The first kappa shape index (κ1) is 18.3. The molecule has 0 saturated carbocycles. The highest BCUT2D eigenvalue weighted by Gasteiger charge is 2.22. The summed E-state index contributed by atoms with van der Waals surface area (Å²) in [5, 5.41) is 16.4. The molecule has 1 saturated heterocycles. The van der Waals surface area contributed by atoms with Crippen LogP contribution in [-0.4, -0.2) is 30.2 Å². The molecule has 5 heteroatoms. The minimum atomic E-state index is 0.641. The molecule has 0 bridgehead atoms. The highest BCUT2D eigenvalue weighted by atomic mass is 16.5. The molecule has 4 rings (SSSR count). The summed E-state index contributed by atoms with van der Waals surface area (Å²) in [5.41, 5.74) is 2.86. The van der Waals surface area contributed by atoms with Gasteiger partial charge in [-0.2, -0.15) is 5.26 Å². The molecule has 28 heavy (non-hydrogen) atoms. The van der Waals surface area contributed by atoms with Crippen LogP contribution in [0.2, 0.25) is 0 Å². The van der Waals surface area contributed by atoms with Crippen LogP contribution in [0.1, 0.15) is 30.5 Å². The molecule has 1 aliphatic rings. The lowest BCUT2D eigenvalue weighted by atomic mass is 10.0. The Bertz CT molecular complexity index is 1010. The molecule has 5 nitrogen and oxygen atoms in total. The van der Waals surface area contributed by atoms with Gasteiger partial charge in [-0.1, -0.05) is 36.8 Å². The zero-order chi connectivity index (χ0) is 19.3. The van der Waals surface area contributed by atoms with Crippen molar-refractivity contribution in [1.82, 2.24) is 9.99 Å². The number of fused-ring (bicyclic) bond motifs is 1. The fourth-order valence-corrected chi connectivity index (χ4v) is 3.88. The molecule has 2 aromatic carbocycles. The van der Waals surface area contributed by atoms with E-state index in [9.17, 15) is 5.26 Å². The summed E-state index contributed by atoms with van der Waals surface area (Å²) in [6.07, 6.45) is 3.53. The third-order valence-corrected chi connectivity index (χ3v) is 5.26. The van der Waals surface area contributed by atoms with E-state index in [4.69, 9.17) is 4.74 Å². The van der Waals surface area contributed by atoms with Gasteiger partial charge in [-0.05, 0) is 31.0 Å². The minimum Gasteiger partial charge on any atom is -0.481 e. The van der Waals surface area contributed by atoms with Gasteiger partial charge in [0.1, 0.15) is 0 Å². The van der Waals surface area contributed by atoms with E-state index < -0.39 is 0 Å². The molecule has 142 valence electrons. The first-order valence-corrected chi connectivity index (χ1v) is 9.74. The van der Waals surface area contributed by atoms with Crippen molar-refractivity contribution in [2.45, 2.75) is 25.8 Å². The van der Waals surface area contributed by atoms with Crippen LogP contribution in [0.15, 0.2) is 54.6 Å². The van der Waals surface area contributed by atoms with E-state index in [-0.39, 0.29) is 0 Å². The van der Waals surface area contributed by atoms with Gasteiger partial charge in [0.05, 0.1) is 36.7 Å². The number of nitriles is 1. The minimum absolute atomic E-state index is 0.641. The Hall–Kier alpha value is -3.10. The molecule has 1 aliphatic heterocycles. The summed E-state index contributed by atoms with van der Waals surface area (Å²) in [6, 6.07) is 20.4. The van der Waals surface area contributed by atoms with Gasteiger partial charge < -0.3 is 9.75 Å². The van der Waals surface area contributed by atoms with Gasteiger partial charge in [0, 0.05) is 29.9 Å². The normalized spacial score (nSPS) is 15.2. The number of aromatic nitrogens is 1. The van der Waals surface area contributed by atoms with Gasteiger partial charge in [-0.25, -0.2) is 9.99 Å². The lowest BCUT2D eigenvalue weighted by Gasteiger charge is -2.36. The summed E-state index contributed by atoms with van der Waals surface area (Å²) in [4.78, 5) is 4.60. The SMILES string of the molecule is COc1cccc(CN2CCCCCN2c2ccc(C#N)c3ccccc23)n1. The van der Waals surface area contributed by atoms with E-state index in [1.807, 2.05) is 42.5 Å². The summed E-state index contributed by atoms with van der Waals surface area (Å²) in [6.45, 7) is 2.67. The van der Waals surface area contributed by atoms with Gasteiger partial charge in [0.2, 0.25) is 5.88 Å². The summed E-state index contributed by atoms with van der Waals surface area (Å²) in [5.74, 6) is 0.641. The Balaban J connectivity index is 1.73. The third-order valence-electron chi connectivity index (χ3n) is 5.26. The fourth-order valence-electron chi connectivity index (χ4n) is 3.88. The van der Waals surface area contributed by atoms with Crippen molar-refractivity contribution in [2.75, 3.05) is 25.2 Å². The Labute approximate surface area is 165 Å². The van der Waals surface area contributed by atoms with Crippen LogP contribution < -0.4 is 9.75 Å². The predicted octanol–water partition coefficient (Wildman–Crippen LogP) is 4.52. The Kier molecular flexibility index (Phi) is 5.41. The van der Waals surface area contributed by atoms with Crippen molar-refractivity contribution < 1.29 is 4.74 Å².